The van der Waals surface area contributed by atoms with Crippen LogP contribution in [-0.4, -0.2) is 43.0 Å². The molecule has 0 saturated carbocycles. The van der Waals surface area contributed by atoms with Crippen molar-refractivity contribution in [1.82, 2.24) is 9.88 Å². The third kappa shape index (κ3) is 4.57. The highest BCUT2D eigenvalue weighted by atomic mass is 16.5. The van der Waals surface area contributed by atoms with E-state index < -0.39 is 0 Å². The Morgan fingerprint density at radius 2 is 1.95 bits per heavy atom. The van der Waals surface area contributed by atoms with Crippen LogP contribution in [0.1, 0.15) is 10.4 Å². The molecule has 0 unspecified atom stereocenters. The van der Waals surface area contributed by atoms with Gasteiger partial charge in [-0.2, -0.15) is 0 Å². The molecule has 5 heteroatoms. The molecule has 0 aliphatic heterocycles. The molecule has 0 bridgehead atoms. The number of hydrogen-bond acceptors (Lipinski definition) is 4. The van der Waals surface area contributed by atoms with E-state index in [9.17, 15) is 4.79 Å². The summed E-state index contributed by atoms with van der Waals surface area (Å²) in [6, 6.07) is 12.7. The number of benzene rings is 1. The lowest BCUT2D eigenvalue weighted by Gasteiger charge is -2.13. The zero-order valence-corrected chi connectivity index (χ0v) is 12.2. The Hall–Kier alpha value is -2.40. The molecule has 0 fully saturated rings. The average Bonchev–Trinajstić information content (AvgIpc) is 2.48. The van der Waals surface area contributed by atoms with E-state index in [4.69, 9.17) is 4.74 Å². The Morgan fingerprint density at radius 3 is 2.67 bits per heavy atom. The summed E-state index contributed by atoms with van der Waals surface area (Å²) in [5.41, 5.74) is 1.17. The lowest BCUT2D eigenvalue weighted by molar-refractivity contribution is 0.102. The van der Waals surface area contributed by atoms with Gasteiger partial charge in [0.25, 0.3) is 5.91 Å². The summed E-state index contributed by atoms with van der Waals surface area (Å²) in [6.07, 6.45) is 1.62. The number of pyridine rings is 1. The molecule has 21 heavy (non-hydrogen) atoms. The topological polar surface area (TPSA) is 54.5 Å². The van der Waals surface area contributed by atoms with E-state index in [1.807, 2.05) is 49.3 Å². The quantitative estimate of drug-likeness (QED) is 0.884. The van der Waals surface area contributed by atoms with Crippen LogP contribution in [0, 0.1) is 0 Å². The number of amides is 1. The maximum absolute atomic E-state index is 12.3. The van der Waals surface area contributed by atoms with E-state index in [1.54, 1.807) is 18.3 Å². The summed E-state index contributed by atoms with van der Waals surface area (Å²) in [5, 5.41) is 2.83. The number of likely N-dealkylation sites (N-methyl/N-ethyl adjacent to an activating group) is 1. The number of ether oxygens (including phenoxy) is 1. The summed E-state index contributed by atoms with van der Waals surface area (Å²) in [4.78, 5) is 18.4. The van der Waals surface area contributed by atoms with Crippen LogP contribution >= 0.6 is 0 Å². The number of aromatic nitrogens is 1. The third-order valence-corrected chi connectivity index (χ3v) is 2.82. The standard InChI is InChI=1S/C16H19N3O2/c1-19(2)11-12-21-16-14(9-6-10-17-16)15(20)18-13-7-4-3-5-8-13/h3-10H,11-12H2,1-2H3,(H,18,20). The molecule has 5 nitrogen and oxygen atoms in total. The zero-order valence-electron chi connectivity index (χ0n) is 12.2. The Kier molecular flexibility index (Phi) is 5.29. The molecule has 110 valence electrons. The Labute approximate surface area is 124 Å². The first-order valence-electron chi connectivity index (χ1n) is 6.76. The van der Waals surface area contributed by atoms with Gasteiger partial charge in [-0.3, -0.25) is 4.79 Å². The van der Waals surface area contributed by atoms with Gasteiger partial charge in [0.2, 0.25) is 5.88 Å². The van der Waals surface area contributed by atoms with Crippen LogP contribution in [0.2, 0.25) is 0 Å². The molecule has 2 rings (SSSR count). The number of hydrogen-bond donors (Lipinski definition) is 1. The molecule has 0 atom stereocenters. The fraction of sp³-hybridized carbons (Fsp3) is 0.250. The third-order valence-electron chi connectivity index (χ3n) is 2.82. The lowest BCUT2D eigenvalue weighted by atomic mass is 10.2. The summed E-state index contributed by atoms with van der Waals surface area (Å²) in [7, 11) is 3.93. The first-order chi connectivity index (χ1) is 10.2. The van der Waals surface area contributed by atoms with E-state index in [0.29, 0.717) is 18.1 Å². The van der Waals surface area contributed by atoms with Gasteiger partial charge in [0.05, 0.1) is 0 Å². The SMILES string of the molecule is CN(C)CCOc1ncccc1C(=O)Nc1ccccc1. The van der Waals surface area contributed by atoms with Crippen LogP contribution in [0.3, 0.4) is 0 Å². The normalized spacial score (nSPS) is 10.4. The molecule has 1 N–H and O–H groups in total. The van der Waals surface area contributed by atoms with Gasteiger partial charge < -0.3 is 15.0 Å². The molecule has 0 saturated heterocycles. The maximum Gasteiger partial charge on any atom is 0.261 e. The van der Waals surface area contributed by atoms with Crippen molar-refractivity contribution in [2.24, 2.45) is 0 Å². The van der Waals surface area contributed by atoms with Crippen molar-refractivity contribution in [1.29, 1.82) is 0 Å². The summed E-state index contributed by atoms with van der Waals surface area (Å²) >= 11 is 0. The molecule has 0 spiro atoms. The average molecular weight is 285 g/mol. The molecule has 1 aromatic heterocycles. The van der Waals surface area contributed by atoms with Gasteiger partial charge in [-0.25, -0.2) is 4.98 Å². The van der Waals surface area contributed by atoms with Crippen LogP contribution in [-0.2, 0) is 0 Å². The lowest BCUT2D eigenvalue weighted by Crippen LogP contribution is -2.21. The van der Waals surface area contributed by atoms with Gasteiger partial charge in [0, 0.05) is 18.4 Å². The monoisotopic (exact) mass is 285 g/mol. The second-order valence-electron chi connectivity index (χ2n) is 4.83. The largest absolute Gasteiger partial charge is 0.476 e. The molecule has 0 aliphatic rings. The second kappa shape index (κ2) is 7.40. The molecule has 0 radical (unpaired) electrons. The first-order valence-corrected chi connectivity index (χ1v) is 6.76. The number of rotatable bonds is 6. The molecular weight excluding hydrogens is 266 g/mol. The van der Waals surface area contributed by atoms with E-state index in [2.05, 4.69) is 10.3 Å². The minimum Gasteiger partial charge on any atom is -0.476 e. The van der Waals surface area contributed by atoms with Gasteiger partial charge >= 0.3 is 0 Å². The highest BCUT2D eigenvalue weighted by molar-refractivity contribution is 6.05. The van der Waals surface area contributed by atoms with Crippen LogP contribution in [0.4, 0.5) is 5.69 Å². The van der Waals surface area contributed by atoms with Gasteiger partial charge in [0.15, 0.2) is 0 Å². The Bertz CT molecular complexity index is 585. The van der Waals surface area contributed by atoms with E-state index in [0.717, 1.165) is 12.2 Å². The van der Waals surface area contributed by atoms with E-state index in [1.165, 1.54) is 0 Å². The maximum atomic E-state index is 12.3. The predicted octanol–water partition coefficient (Wildman–Crippen LogP) is 2.27. The van der Waals surface area contributed by atoms with Crippen molar-refractivity contribution < 1.29 is 9.53 Å². The zero-order chi connectivity index (χ0) is 15.1. The van der Waals surface area contributed by atoms with Gasteiger partial charge in [0.1, 0.15) is 12.2 Å². The fourth-order valence-corrected chi connectivity index (χ4v) is 1.72. The van der Waals surface area contributed by atoms with Crippen LogP contribution in [0.25, 0.3) is 0 Å². The van der Waals surface area contributed by atoms with Crippen LogP contribution in [0.5, 0.6) is 5.88 Å². The first kappa shape index (κ1) is 15.0. The number of nitrogens with one attached hydrogen (secondary N) is 1. The summed E-state index contributed by atoms with van der Waals surface area (Å²) < 4.78 is 5.59. The van der Waals surface area contributed by atoms with Crippen molar-refractivity contribution in [3.63, 3.8) is 0 Å². The van der Waals surface area contributed by atoms with E-state index >= 15 is 0 Å². The number of nitrogens with zero attached hydrogens (tertiary/aromatic N) is 2. The summed E-state index contributed by atoms with van der Waals surface area (Å²) in [6.45, 7) is 1.24. The van der Waals surface area contributed by atoms with Crippen molar-refractivity contribution in [2.75, 3.05) is 32.6 Å². The number of anilines is 1. The minimum atomic E-state index is -0.228. The molecule has 0 aliphatic carbocycles. The van der Waals surface area contributed by atoms with Gasteiger partial charge in [-0.15, -0.1) is 0 Å². The van der Waals surface area contributed by atoms with Crippen molar-refractivity contribution in [2.45, 2.75) is 0 Å². The molecular formula is C16H19N3O2. The number of carbonyl (C=O) groups excluding carboxylic acids is 1. The molecule has 1 amide bonds. The summed E-state index contributed by atoms with van der Waals surface area (Å²) in [5.74, 6) is 0.127. The highest BCUT2D eigenvalue weighted by Crippen LogP contribution is 2.16. The number of para-hydroxylation sites is 1. The fourth-order valence-electron chi connectivity index (χ4n) is 1.72. The predicted molar refractivity (Wildman–Crippen MR) is 82.7 cm³/mol. The highest BCUT2D eigenvalue weighted by Gasteiger charge is 2.13. The van der Waals surface area contributed by atoms with Crippen molar-refractivity contribution >= 4 is 11.6 Å². The van der Waals surface area contributed by atoms with Crippen molar-refractivity contribution in [3.8, 4) is 5.88 Å². The Balaban J connectivity index is 2.06. The molecule has 2 aromatic rings. The van der Waals surface area contributed by atoms with Gasteiger partial charge in [-0.1, -0.05) is 18.2 Å². The van der Waals surface area contributed by atoms with Crippen molar-refractivity contribution in [3.05, 3.63) is 54.2 Å². The second-order valence-corrected chi connectivity index (χ2v) is 4.83. The van der Waals surface area contributed by atoms with Crippen LogP contribution in [0.15, 0.2) is 48.7 Å². The van der Waals surface area contributed by atoms with Gasteiger partial charge in [-0.05, 0) is 38.4 Å². The molecule has 1 heterocycles. The van der Waals surface area contributed by atoms with Crippen LogP contribution < -0.4 is 10.1 Å². The number of carbonyl (C=O) groups is 1. The smallest absolute Gasteiger partial charge is 0.261 e. The Morgan fingerprint density at radius 1 is 1.19 bits per heavy atom. The van der Waals surface area contributed by atoms with E-state index in [-0.39, 0.29) is 5.91 Å². The minimum absolute atomic E-state index is 0.228. The molecule has 1 aromatic carbocycles.